The molecule has 2 N–H and O–H groups in total. The molecule has 0 bridgehead atoms. The number of hydrogen-bond donors (Lipinski definition) is 1. The molecule has 0 aliphatic rings. The lowest BCUT2D eigenvalue weighted by molar-refractivity contribution is 0.603. The molecule has 1 unspecified atom stereocenters. The van der Waals surface area contributed by atoms with Crippen molar-refractivity contribution in [2.75, 3.05) is 11.5 Å². The van der Waals surface area contributed by atoms with Crippen LogP contribution in [0.4, 0.5) is 0 Å². The van der Waals surface area contributed by atoms with Crippen LogP contribution < -0.4 is 5.73 Å². The number of hydrogen-bond acceptors (Lipinski definition) is 2. The van der Waals surface area contributed by atoms with Gasteiger partial charge in [0.05, 0.1) is 0 Å². The zero-order chi connectivity index (χ0) is 11.8. The SMILES string of the molecule is CCSCCCC(N)Cc1ccc(C)cc1. The molecule has 0 aliphatic heterocycles. The third-order valence-electron chi connectivity index (χ3n) is 2.69. The number of rotatable bonds is 7. The van der Waals surface area contributed by atoms with Crippen LogP contribution in [0, 0.1) is 6.92 Å². The summed E-state index contributed by atoms with van der Waals surface area (Å²) in [6, 6.07) is 9.02. The summed E-state index contributed by atoms with van der Waals surface area (Å²) in [5.41, 5.74) is 8.80. The summed E-state index contributed by atoms with van der Waals surface area (Å²) in [4.78, 5) is 0. The second-order valence-corrected chi connectivity index (χ2v) is 5.68. The molecule has 0 saturated carbocycles. The monoisotopic (exact) mass is 237 g/mol. The lowest BCUT2D eigenvalue weighted by Gasteiger charge is -2.11. The molecule has 1 atom stereocenters. The van der Waals surface area contributed by atoms with E-state index in [0.717, 1.165) is 12.8 Å². The topological polar surface area (TPSA) is 26.0 Å². The Balaban J connectivity index is 2.23. The van der Waals surface area contributed by atoms with E-state index in [9.17, 15) is 0 Å². The average Bonchev–Trinajstić information content (AvgIpc) is 2.28. The molecule has 0 saturated heterocycles. The molecule has 2 heteroatoms. The fraction of sp³-hybridized carbons (Fsp3) is 0.571. The Hall–Kier alpha value is -0.470. The van der Waals surface area contributed by atoms with E-state index in [0.29, 0.717) is 6.04 Å². The van der Waals surface area contributed by atoms with Gasteiger partial charge in [-0.1, -0.05) is 36.8 Å². The third kappa shape index (κ3) is 5.57. The Morgan fingerprint density at radius 1 is 1.25 bits per heavy atom. The molecule has 16 heavy (non-hydrogen) atoms. The zero-order valence-corrected chi connectivity index (χ0v) is 11.2. The van der Waals surface area contributed by atoms with Crippen molar-refractivity contribution >= 4 is 11.8 Å². The third-order valence-corrected chi connectivity index (χ3v) is 3.67. The van der Waals surface area contributed by atoms with Crippen molar-refractivity contribution in [2.45, 2.75) is 39.2 Å². The number of nitrogens with two attached hydrogens (primary N) is 1. The van der Waals surface area contributed by atoms with Crippen LogP contribution in [-0.4, -0.2) is 17.5 Å². The second kappa shape index (κ2) is 7.75. The fourth-order valence-electron chi connectivity index (χ4n) is 1.72. The molecule has 0 fully saturated rings. The molecule has 0 aliphatic carbocycles. The van der Waals surface area contributed by atoms with Crippen LogP contribution in [0.2, 0.25) is 0 Å². The maximum atomic E-state index is 6.12. The maximum Gasteiger partial charge on any atom is 0.00796 e. The number of benzene rings is 1. The number of thioether (sulfide) groups is 1. The van der Waals surface area contributed by atoms with E-state index in [1.807, 2.05) is 11.8 Å². The van der Waals surface area contributed by atoms with E-state index in [1.54, 1.807) is 0 Å². The van der Waals surface area contributed by atoms with Gasteiger partial charge in [-0.2, -0.15) is 11.8 Å². The summed E-state index contributed by atoms with van der Waals surface area (Å²) in [6.07, 6.45) is 3.39. The van der Waals surface area contributed by atoms with E-state index in [1.165, 1.54) is 29.1 Å². The molecule has 0 radical (unpaired) electrons. The van der Waals surface area contributed by atoms with Gasteiger partial charge in [0.1, 0.15) is 0 Å². The van der Waals surface area contributed by atoms with Crippen molar-refractivity contribution in [2.24, 2.45) is 5.73 Å². The molecular formula is C14H23NS. The average molecular weight is 237 g/mol. The molecule has 1 rings (SSSR count). The van der Waals surface area contributed by atoms with Crippen molar-refractivity contribution in [3.63, 3.8) is 0 Å². The first kappa shape index (κ1) is 13.6. The van der Waals surface area contributed by atoms with E-state index in [4.69, 9.17) is 5.73 Å². The van der Waals surface area contributed by atoms with Crippen LogP contribution in [0.3, 0.4) is 0 Å². The Bertz CT molecular complexity index is 281. The molecular weight excluding hydrogens is 214 g/mol. The van der Waals surface area contributed by atoms with E-state index < -0.39 is 0 Å². The van der Waals surface area contributed by atoms with Gasteiger partial charge in [-0.05, 0) is 43.3 Å². The van der Waals surface area contributed by atoms with Crippen LogP contribution in [-0.2, 0) is 6.42 Å². The van der Waals surface area contributed by atoms with E-state index in [-0.39, 0.29) is 0 Å². The van der Waals surface area contributed by atoms with Crippen molar-refractivity contribution in [3.8, 4) is 0 Å². The summed E-state index contributed by atoms with van der Waals surface area (Å²) in [5, 5.41) is 0. The normalized spacial score (nSPS) is 12.7. The summed E-state index contributed by atoms with van der Waals surface area (Å²) >= 11 is 2.00. The lowest BCUT2D eigenvalue weighted by Crippen LogP contribution is -2.22. The largest absolute Gasteiger partial charge is 0.327 e. The fourth-order valence-corrected chi connectivity index (χ4v) is 2.38. The molecule has 0 amide bonds. The van der Waals surface area contributed by atoms with Crippen LogP contribution in [0.1, 0.15) is 30.9 Å². The molecule has 90 valence electrons. The van der Waals surface area contributed by atoms with Gasteiger partial charge in [-0.25, -0.2) is 0 Å². The Morgan fingerprint density at radius 3 is 2.56 bits per heavy atom. The first-order chi connectivity index (χ1) is 7.72. The van der Waals surface area contributed by atoms with Crippen LogP contribution in [0.15, 0.2) is 24.3 Å². The number of aryl methyl sites for hydroxylation is 1. The standard InChI is InChI=1S/C14H23NS/c1-3-16-10-4-5-14(15)11-13-8-6-12(2)7-9-13/h6-9,14H,3-5,10-11,15H2,1-2H3. The van der Waals surface area contributed by atoms with Gasteiger partial charge in [0, 0.05) is 6.04 Å². The zero-order valence-electron chi connectivity index (χ0n) is 10.4. The minimum atomic E-state index is 0.320. The first-order valence-electron chi connectivity index (χ1n) is 6.11. The molecule has 1 nitrogen and oxygen atoms in total. The second-order valence-electron chi connectivity index (χ2n) is 4.29. The summed E-state index contributed by atoms with van der Waals surface area (Å²) in [6.45, 7) is 4.32. The predicted octanol–water partition coefficient (Wildman–Crippen LogP) is 3.40. The summed E-state index contributed by atoms with van der Waals surface area (Å²) < 4.78 is 0. The van der Waals surface area contributed by atoms with Gasteiger partial charge in [0.25, 0.3) is 0 Å². The quantitative estimate of drug-likeness (QED) is 0.736. The van der Waals surface area contributed by atoms with Crippen molar-refractivity contribution < 1.29 is 0 Å². The molecule has 0 spiro atoms. The smallest absolute Gasteiger partial charge is 0.00796 e. The minimum absolute atomic E-state index is 0.320. The maximum absolute atomic E-state index is 6.12. The highest BCUT2D eigenvalue weighted by Crippen LogP contribution is 2.10. The Labute approximate surface area is 104 Å². The molecule has 1 aromatic carbocycles. The van der Waals surface area contributed by atoms with E-state index in [2.05, 4.69) is 38.1 Å². The van der Waals surface area contributed by atoms with Crippen LogP contribution in [0.25, 0.3) is 0 Å². The minimum Gasteiger partial charge on any atom is -0.327 e. The Kier molecular flexibility index (Phi) is 6.58. The highest BCUT2D eigenvalue weighted by atomic mass is 32.2. The summed E-state index contributed by atoms with van der Waals surface area (Å²) in [7, 11) is 0. The van der Waals surface area contributed by atoms with Crippen molar-refractivity contribution in [1.29, 1.82) is 0 Å². The Morgan fingerprint density at radius 2 is 1.94 bits per heavy atom. The molecule has 0 heterocycles. The predicted molar refractivity (Wildman–Crippen MR) is 75.1 cm³/mol. The van der Waals surface area contributed by atoms with Crippen molar-refractivity contribution in [1.82, 2.24) is 0 Å². The highest BCUT2D eigenvalue weighted by Gasteiger charge is 2.03. The van der Waals surface area contributed by atoms with Crippen LogP contribution >= 0.6 is 11.8 Å². The molecule has 0 aromatic heterocycles. The van der Waals surface area contributed by atoms with Gasteiger partial charge >= 0.3 is 0 Å². The van der Waals surface area contributed by atoms with E-state index >= 15 is 0 Å². The van der Waals surface area contributed by atoms with Crippen LogP contribution in [0.5, 0.6) is 0 Å². The van der Waals surface area contributed by atoms with Gasteiger partial charge in [0.2, 0.25) is 0 Å². The lowest BCUT2D eigenvalue weighted by atomic mass is 10.0. The highest BCUT2D eigenvalue weighted by molar-refractivity contribution is 7.99. The van der Waals surface area contributed by atoms with Gasteiger partial charge < -0.3 is 5.73 Å². The molecule has 1 aromatic rings. The summed E-state index contributed by atoms with van der Waals surface area (Å²) in [5.74, 6) is 2.46. The first-order valence-corrected chi connectivity index (χ1v) is 7.26. The van der Waals surface area contributed by atoms with Gasteiger partial charge in [-0.15, -0.1) is 0 Å². The van der Waals surface area contributed by atoms with Gasteiger partial charge in [-0.3, -0.25) is 0 Å². The van der Waals surface area contributed by atoms with Gasteiger partial charge in [0.15, 0.2) is 0 Å². The van der Waals surface area contributed by atoms with Crippen molar-refractivity contribution in [3.05, 3.63) is 35.4 Å².